The van der Waals surface area contributed by atoms with Gasteiger partial charge >= 0.3 is 0 Å². The first-order valence-corrected chi connectivity index (χ1v) is 10.9. The molecule has 2 aromatic heterocycles. The topological polar surface area (TPSA) is 84.2 Å². The van der Waals surface area contributed by atoms with Crippen LogP contribution in [0.15, 0.2) is 24.3 Å². The molecular formula is C24H27FN4O2. The lowest BCUT2D eigenvalue weighted by Crippen LogP contribution is -2.38. The molecule has 0 bridgehead atoms. The number of halogens is 1. The molecule has 2 aliphatic rings. The second-order valence-electron chi connectivity index (χ2n) is 8.71. The molecule has 0 spiro atoms. The van der Waals surface area contributed by atoms with E-state index in [1.165, 1.54) is 0 Å². The van der Waals surface area contributed by atoms with E-state index < -0.39 is 0 Å². The number of carbonyl (C=O) groups excluding carboxylic acids is 1. The molecule has 1 aromatic carbocycles. The predicted molar refractivity (Wildman–Crippen MR) is 117 cm³/mol. The lowest BCUT2D eigenvalue weighted by atomic mass is 10.1. The number of fused-ring (bicyclic) bond motifs is 3. The third-order valence-corrected chi connectivity index (χ3v) is 6.59. The van der Waals surface area contributed by atoms with Crippen LogP contribution in [0.2, 0.25) is 0 Å². The van der Waals surface area contributed by atoms with E-state index in [-0.39, 0.29) is 24.3 Å². The maximum atomic E-state index is 14.8. The number of rotatable bonds is 6. The number of aromatic nitrogens is 2. The Balaban J connectivity index is 1.47. The molecule has 1 amide bonds. The molecule has 162 valence electrons. The number of hydrogen-bond acceptors (Lipinski definition) is 4. The van der Waals surface area contributed by atoms with Crippen molar-refractivity contribution in [3.63, 3.8) is 0 Å². The van der Waals surface area contributed by atoms with E-state index in [0.717, 1.165) is 41.5 Å². The van der Waals surface area contributed by atoms with Crippen LogP contribution in [0.1, 0.15) is 71.8 Å². The van der Waals surface area contributed by atoms with Gasteiger partial charge in [-0.05, 0) is 49.8 Å². The van der Waals surface area contributed by atoms with E-state index in [4.69, 9.17) is 10.5 Å². The van der Waals surface area contributed by atoms with E-state index in [9.17, 15) is 9.18 Å². The van der Waals surface area contributed by atoms with Crippen LogP contribution in [-0.2, 0) is 24.5 Å². The number of anilines is 1. The SMILES string of the molecule is CC[C@@H](C)N(Cc1ccc(C2CC2)cc1F)C(=O)c1cc2nc(N)c3c(c2[nH]1)COC3. The summed E-state index contributed by atoms with van der Waals surface area (Å²) in [6.45, 7) is 5.10. The van der Waals surface area contributed by atoms with Crippen molar-refractivity contribution >= 4 is 22.8 Å². The van der Waals surface area contributed by atoms with Crippen LogP contribution in [0.3, 0.4) is 0 Å². The molecule has 3 aromatic rings. The van der Waals surface area contributed by atoms with Crippen LogP contribution in [0.25, 0.3) is 11.0 Å². The van der Waals surface area contributed by atoms with E-state index in [0.29, 0.717) is 41.7 Å². The average molecular weight is 423 g/mol. The third kappa shape index (κ3) is 3.57. The number of nitrogens with two attached hydrogens (primary N) is 1. The van der Waals surface area contributed by atoms with Crippen molar-refractivity contribution in [2.75, 3.05) is 5.73 Å². The number of nitrogens with one attached hydrogen (secondary N) is 1. The molecule has 0 saturated heterocycles. The van der Waals surface area contributed by atoms with Gasteiger partial charge in [-0.15, -0.1) is 0 Å². The highest BCUT2D eigenvalue weighted by atomic mass is 19.1. The van der Waals surface area contributed by atoms with Crippen molar-refractivity contribution < 1.29 is 13.9 Å². The summed E-state index contributed by atoms with van der Waals surface area (Å²) in [5, 5.41) is 0. The van der Waals surface area contributed by atoms with Crippen LogP contribution in [-0.4, -0.2) is 26.8 Å². The Hall–Kier alpha value is -2.93. The molecular weight excluding hydrogens is 395 g/mol. The summed E-state index contributed by atoms with van der Waals surface area (Å²) in [7, 11) is 0. The normalized spacial score (nSPS) is 16.5. The number of carbonyl (C=O) groups is 1. The molecule has 3 heterocycles. The highest BCUT2D eigenvalue weighted by molar-refractivity contribution is 5.98. The number of aromatic amines is 1. The summed E-state index contributed by atoms with van der Waals surface area (Å²) in [4.78, 5) is 22.9. The second kappa shape index (κ2) is 7.64. The van der Waals surface area contributed by atoms with Crippen molar-refractivity contribution in [2.45, 2.75) is 64.8 Å². The Morgan fingerprint density at radius 1 is 1.32 bits per heavy atom. The lowest BCUT2D eigenvalue weighted by molar-refractivity contribution is 0.0664. The molecule has 0 unspecified atom stereocenters. The van der Waals surface area contributed by atoms with E-state index in [1.807, 2.05) is 26.0 Å². The van der Waals surface area contributed by atoms with E-state index in [2.05, 4.69) is 9.97 Å². The zero-order valence-electron chi connectivity index (χ0n) is 17.9. The minimum absolute atomic E-state index is 0.0477. The second-order valence-corrected chi connectivity index (χ2v) is 8.71. The first kappa shape index (κ1) is 20.0. The van der Waals surface area contributed by atoms with Crippen LogP contribution in [0.4, 0.5) is 10.2 Å². The standard InChI is InChI=1S/C24H27FN4O2/c1-3-13(2)29(10-16-7-6-15(8-19(16)25)14-4-5-14)24(30)21-9-20-22(27-21)17-11-31-12-18(17)23(26)28-20/h6-9,13-14,27H,3-5,10-12H2,1-2H3,(H2,26,28)/t13-/m1/s1. The number of ether oxygens (including phenoxy) is 1. The van der Waals surface area contributed by atoms with Gasteiger partial charge in [-0.1, -0.05) is 19.1 Å². The number of nitrogen functional groups attached to an aromatic ring is 1. The lowest BCUT2D eigenvalue weighted by Gasteiger charge is -2.28. The number of nitrogens with zero attached hydrogens (tertiary/aromatic N) is 2. The van der Waals surface area contributed by atoms with E-state index in [1.54, 1.807) is 17.0 Å². The summed E-state index contributed by atoms with van der Waals surface area (Å²) in [5.41, 5.74) is 11.4. The molecule has 31 heavy (non-hydrogen) atoms. The number of H-pyrrole nitrogens is 1. The third-order valence-electron chi connectivity index (χ3n) is 6.59. The molecule has 1 aliphatic carbocycles. The number of hydrogen-bond donors (Lipinski definition) is 2. The van der Waals surface area contributed by atoms with Crippen LogP contribution in [0.5, 0.6) is 0 Å². The minimum atomic E-state index is -0.244. The Labute approximate surface area is 180 Å². The van der Waals surface area contributed by atoms with Gasteiger partial charge in [0.1, 0.15) is 17.3 Å². The Kier molecular flexibility index (Phi) is 4.93. The summed E-state index contributed by atoms with van der Waals surface area (Å²) < 4.78 is 20.3. The van der Waals surface area contributed by atoms with Crippen molar-refractivity contribution in [1.29, 1.82) is 0 Å². The molecule has 3 N–H and O–H groups in total. The van der Waals surface area contributed by atoms with Crippen molar-refractivity contribution in [2.24, 2.45) is 0 Å². The zero-order chi connectivity index (χ0) is 21.7. The van der Waals surface area contributed by atoms with Gasteiger partial charge in [0.05, 0.1) is 24.2 Å². The fourth-order valence-electron chi connectivity index (χ4n) is 4.30. The van der Waals surface area contributed by atoms with Gasteiger partial charge in [0.2, 0.25) is 0 Å². The number of pyridine rings is 1. The average Bonchev–Trinajstić information content (AvgIpc) is 3.33. The predicted octanol–water partition coefficient (Wildman–Crippen LogP) is 4.63. The molecule has 6 nitrogen and oxygen atoms in total. The first-order chi connectivity index (χ1) is 15.0. The molecule has 1 atom stereocenters. The van der Waals surface area contributed by atoms with Gasteiger partial charge in [0, 0.05) is 29.3 Å². The smallest absolute Gasteiger partial charge is 0.270 e. The van der Waals surface area contributed by atoms with E-state index >= 15 is 0 Å². The Bertz CT molecular complexity index is 1170. The summed E-state index contributed by atoms with van der Waals surface area (Å²) in [5.74, 6) is 0.512. The highest BCUT2D eigenvalue weighted by Gasteiger charge is 2.28. The monoisotopic (exact) mass is 422 g/mol. The van der Waals surface area contributed by atoms with Gasteiger partial charge in [-0.2, -0.15) is 0 Å². The fourth-order valence-corrected chi connectivity index (χ4v) is 4.30. The number of benzene rings is 1. The van der Waals surface area contributed by atoms with Crippen molar-refractivity contribution in [1.82, 2.24) is 14.9 Å². The van der Waals surface area contributed by atoms with Crippen LogP contribution in [0, 0.1) is 5.82 Å². The van der Waals surface area contributed by atoms with Gasteiger partial charge in [-0.3, -0.25) is 4.79 Å². The van der Waals surface area contributed by atoms with Gasteiger partial charge in [0.25, 0.3) is 5.91 Å². The zero-order valence-corrected chi connectivity index (χ0v) is 17.9. The molecule has 7 heteroatoms. The summed E-state index contributed by atoms with van der Waals surface area (Å²) >= 11 is 0. The Morgan fingerprint density at radius 2 is 2.10 bits per heavy atom. The number of amides is 1. The Morgan fingerprint density at radius 3 is 2.81 bits per heavy atom. The maximum Gasteiger partial charge on any atom is 0.270 e. The molecule has 1 saturated carbocycles. The van der Waals surface area contributed by atoms with Crippen molar-refractivity contribution in [3.05, 3.63) is 58.0 Å². The summed E-state index contributed by atoms with van der Waals surface area (Å²) in [6, 6.07) is 7.13. The molecule has 1 aliphatic heterocycles. The highest BCUT2D eigenvalue weighted by Crippen LogP contribution is 2.40. The largest absolute Gasteiger partial charge is 0.383 e. The summed E-state index contributed by atoms with van der Waals surface area (Å²) in [6.07, 6.45) is 3.02. The van der Waals surface area contributed by atoms with Crippen molar-refractivity contribution in [3.8, 4) is 0 Å². The molecule has 0 radical (unpaired) electrons. The van der Waals surface area contributed by atoms with Gasteiger partial charge < -0.3 is 20.4 Å². The molecule has 5 rings (SSSR count). The van der Waals surface area contributed by atoms with Crippen LogP contribution < -0.4 is 5.73 Å². The van der Waals surface area contributed by atoms with Gasteiger partial charge in [-0.25, -0.2) is 9.37 Å². The fraction of sp³-hybridized carbons (Fsp3) is 0.417. The maximum absolute atomic E-state index is 14.8. The van der Waals surface area contributed by atoms with Crippen LogP contribution >= 0.6 is 0 Å². The quantitative estimate of drug-likeness (QED) is 0.606. The first-order valence-electron chi connectivity index (χ1n) is 10.9. The minimum Gasteiger partial charge on any atom is -0.383 e. The van der Waals surface area contributed by atoms with Gasteiger partial charge in [0.15, 0.2) is 0 Å². The molecule has 1 fully saturated rings.